The van der Waals surface area contributed by atoms with Crippen LogP contribution in [0.3, 0.4) is 0 Å². The van der Waals surface area contributed by atoms with Crippen LogP contribution in [0.25, 0.3) is 0 Å². The molecule has 0 spiro atoms. The van der Waals surface area contributed by atoms with Crippen LogP contribution < -0.4 is 0 Å². The molecule has 100 valence electrons. The molecular weight excluding hydrogens is 245 g/mol. The highest BCUT2D eigenvalue weighted by Gasteiger charge is 2.52. The van der Waals surface area contributed by atoms with Gasteiger partial charge in [-0.15, -0.1) is 0 Å². The van der Waals surface area contributed by atoms with Crippen LogP contribution in [0.2, 0.25) is 0 Å². The van der Waals surface area contributed by atoms with Crippen molar-refractivity contribution in [3.05, 3.63) is 48.3 Å². The average molecular weight is 261 g/mol. The summed E-state index contributed by atoms with van der Waals surface area (Å²) in [5.41, 5.74) is 0.538. The number of aromatic nitrogens is 3. The zero-order valence-electron chi connectivity index (χ0n) is 11.0. The zero-order chi connectivity index (χ0) is 13.5. The van der Waals surface area contributed by atoms with Gasteiger partial charge in [0.05, 0.1) is 12.6 Å². The zero-order valence-corrected chi connectivity index (χ0v) is 11.0. The molecule has 3 rings (SSSR count). The molecule has 0 aliphatic carbocycles. The van der Waals surface area contributed by atoms with E-state index in [1.807, 2.05) is 6.92 Å². The van der Waals surface area contributed by atoms with Crippen LogP contribution in [0.1, 0.15) is 19.4 Å². The molecule has 2 heterocycles. The van der Waals surface area contributed by atoms with Gasteiger partial charge in [0.2, 0.25) is 0 Å². The molecule has 1 fully saturated rings. The number of rotatable bonds is 3. The highest BCUT2D eigenvalue weighted by molar-refractivity contribution is 5.27. The van der Waals surface area contributed by atoms with Gasteiger partial charge in [0.15, 0.2) is 0 Å². The molecule has 2 aromatic rings. The SMILES string of the molecule is CC1[C@@H](C)O[C@@]1(Cn1cncn1)c1ccc(F)cc1. The molecule has 1 saturated heterocycles. The normalized spacial score (nSPS) is 30.1. The van der Waals surface area contributed by atoms with Gasteiger partial charge < -0.3 is 4.74 Å². The Kier molecular flexibility index (Phi) is 2.86. The number of nitrogens with zero attached hydrogens (tertiary/aromatic N) is 3. The molecule has 0 bridgehead atoms. The van der Waals surface area contributed by atoms with Crippen LogP contribution in [0.5, 0.6) is 0 Å². The van der Waals surface area contributed by atoms with Crippen molar-refractivity contribution in [2.24, 2.45) is 5.92 Å². The number of ether oxygens (including phenoxy) is 1. The van der Waals surface area contributed by atoms with E-state index < -0.39 is 5.60 Å². The van der Waals surface area contributed by atoms with Crippen molar-refractivity contribution < 1.29 is 9.13 Å². The predicted molar refractivity (Wildman–Crippen MR) is 67.8 cm³/mol. The molecule has 19 heavy (non-hydrogen) atoms. The van der Waals surface area contributed by atoms with Crippen molar-refractivity contribution in [3.63, 3.8) is 0 Å². The summed E-state index contributed by atoms with van der Waals surface area (Å²) < 4.78 is 20.9. The van der Waals surface area contributed by atoms with Gasteiger partial charge >= 0.3 is 0 Å². The smallest absolute Gasteiger partial charge is 0.137 e. The van der Waals surface area contributed by atoms with Gasteiger partial charge in [-0.2, -0.15) is 5.10 Å². The second kappa shape index (κ2) is 4.42. The Morgan fingerprint density at radius 1 is 1.32 bits per heavy atom. The molecule has 1 aliphatic rings. The third-order valence-corrected chi connectivity index (χ3v) is 4.03. The molecule has 3 atom stereocenters. The number of benzene rings is 1. The van der Waals surface area contributed by atoms with Crippen molar-refractivity contribution in [1.82, 2.24) is 14.8 Å². The predicted octanol–water partition coefficient (Wildman–Crippen LogP) is 2.37. The number of hydrogen-bond donors (Lipinski definition) is 0. The highest BCUT2D eigenvalue weighted by atomic mass is 19.1. The fraction of sp³-hybridized carbons (Fsp3) is 0.429. The first-order valence-corrected chi connectivity index (χ1v) is 6.38. The van der Waals surface area contributed by atoms with Crippen LogP contribution in [-0.4, -0.2) is 20.9 Å². The van der Waals surface area contributed by atoms with E-state index in [9.17, 15) is 4.39 Å². The van der Waals surface area contributed by atoms with Gasteiger partial charge in [-0.3, -0.25) is 0 Å². The molecule has 4 nitrogen and oxygen atoms in total. The Labute approximate surface area is 111 Å². The summed E-state index contributed by atoms with van der Waals surface area (Å²) >= 11 is 0. The van der Waals surface area contributed by atoms with E-state index in [2.05, 4.69) is 17.0 Å². The number of halogens is 1. The van der Waals surface area contributed by atoms with Gasteiger partial charge in [0.25, 0.3) is 0 Å². The van der Waals surface area contributed by atoms with E-state index >= 15 is 0 Å². The van der Waals surface area contributed by atoms with Gasteiger partial charge in [-0.25, -0.2) is 14.1 Å². The van der Waals surface area contributed by atoms with Crippen molar-refractivity contribution in [2.75, 3.05) is 0 Å². The fourth-order valence-corrected chi connectivity index (χ4v) is 2.74. The van der Waals surface area contributed by atoms with Crippen LogP contribution in [-0.2, 0) is 16.9 Å². The van der Waals surface area contributed by atoms with E-state index in [-0.39, 0.29) is 11.9 Å². The Morgan fingerprint density at radius 3 is 2.58 bits per heavy atom. The van der Waals surface area contributed by atoms with E-state index in [4.69, 9.17) is 4.74 Å². The third-order valence-electron chi connectivity index (χ3n) is 4.03. The van der Waals surface area contributed by atoms with E-state index in [1.165, 1.54) is 18.5 Å². The summed E-state index contributed by atoms with van der Waals surface area (Å²) in [7, 11) is 0. The highest BCUT2D eigenvalue weighted by Crippen LogP contribution is 2.47. The van der Waals surface area contributed by atoms with Crippen molar-refractivity contribution in [3.8, 4) is 0 Å². The molecule has 1 unspecified atom stereocenters. The molecule has 1 aromatic heterocycles. The molecule has 0 radical (unpaired) electrons. The molecular formula is C14H16FN3O. The summed E-state index contributed by atoms with van der Waals surface area (Å²) in [5, 5.41) is 4.14. The van der Waals surface area contributed by atoms with Crippen LogP contribution in [0.4, 0.5) is 4.39 Å². The largest absolute Gasteiger partial charge is 0.365 e. The van der Waals surface area contributed by atoms with E-state index in [0.29, 0.717) is 12.5 Å². The van der Waals surface area contributed by atoms with Gasteiger partial charge in [0, 0.05) is 5.92 Å². The van der Waals surface area contributed by atoms with Crippen LogP contribution >= 0.6 is 0 Å². The lowest BCUT2D eigenvalue weighted by atomic mass is 9.74. The van der Waals surface area contributed by atoms with Crippen molar-refractivity contribution >= 4 is 0 Å². The van der Waals surface area contributed by atoms with E-state index in [0.717, 1.165) is 5.56 Å². The van der Waals surface area contributed by atoms with Crippen LogP contribution in [0, 0.1) is 11.7 Å². The van der Waals surface area contributed by atoms with Crippen molar-refractivity contribution in [1.29, 1.82) is 0 Å². The van der Waals surface area contributed by atoms with Gasteiger partial charge in [0.1, 0.15) is 24.1 Å². The molecule has 0 N–H and O–H groups in total. The minimum atomic E-state index is -0.444. The molecule has 0 saturated carbocycles. The monoisotopic (exact) mass is 261 g/mol. The minimum absolute atomic E-state index is 0.188. The Balaban J connectivity index is 1.96. The van der Waals surface area contributed by atoms with Gasteiger partial charge in [-0.05, 0) is 24.6 Å². The quantitative estimate of drug-likeness (QED) is 0.851. The summed E-state index contributed by atoms with van der Waals surface area (Å²) in [5.74, 6) is 0.0989. The molecule has 1 aromatic carbocycles. The lowest BCUT2D eigenvalue weighted by molar-refractivity contribution is -0.264. The minimum Gasteiger partial charge on any atom is -0.365 e. The molecule has 5 heteroatoms. The second-order valence-electron chi connectivity index (χ2n) is 5.10. The Morgan fingerprint density at radius 2 is 2.05 bits per heavy atom. The lowest BCUT2D eigenvalue weighted by Gasteiger charge is -2.53. The first kappa shape index (κ1) is 12.3. The number of hydrogen-bond acceptors (Lipinski definition) is 3. The second-order valence-corrected chi connectivity index (χ2v) is 5.10. The maximum absolute atomic E-state index is 13.1. The Hall–Kier alpha value is -1.75. The van der Waals surface area contributed by atoms with Crippen molar-refractivity contribution in [2.45, 2.75) is 32.1 Å². The lowest BCUT2D eigenvalue weighted by Crippen LogP contribution is -2.57. The topological polar surface area (TPSA) is 39.9 Å². The Bertz CT molecular complexity index is 555. The summed E-state index contributed by atoms with van der Waals surface area (Å²) in [6, 6.07) is 6.51. The average Bonchev–Trinajstić information content (AvgIpc) is 2.91. The summed E-state index contributed by atoms with van der Waals surface area (Å²) in [4.78, 5) is 3.95. The van der Waals surface area contributed by atoms with Gasteiger partial charge in [-0.1, -0.05) is 19.1 Å². The van der Waals surface area contributed by atoms with E-state index in [1.54, 1.807) is 23.1 Å². The molecule has 0 amide bonds. The maximum Gasteiger partial charge on any atom is 0.137 e. The van der Waals surface area contributed by atoms with Crippen LogP contribution in [0.15, 0.2) is 36.9 Å². The maximum atomic E-state index is 13.1. The fourth-order valence-electron chi connectivity index (χ4n) is 2.74. The standard InChI is InChI=1S/C14H16FN3O/c1-10-11(2)19-14(10,7-18-9-16-8-17-18)12-3-5-13(15)6-4-12/h3-6,8-11H,7H2,1-2H3/t10?,11-,14-/m1/s1. The summed E-state index contributed by atoms with van der Waals surface area (Å²) in [6.07, 6.45) is 3.36. The summed E-state index contributed by atoms with van der Waals surface area (Å²) in [6.45, 7) is 4.78. The first-order chi connectivity index (χ1) is 9.12. The third kappa shape index (κ3) is 1.94. The first-order valence-electron chi connectivity index (χ1n) is 6.38. The molecule has 1 aliphatic heterocycles.